The number of H-pyrrole nitrogens is 1. The molecule has 0 aliphatic carbocycles. The summed E-state index contributed by atoms with van der Waals surface area (Å²) in [6.45, 7) is 3.91. The third-order valence-corrected chi connectivity index (χ3v) is 2.79. The first-order valence-electron chi connectivity index (χ1n) is 5.31. The summed E-state index contributed by atoms with van der Waals surface area (Å²) in [5.41, 5.74) is 0. The van der Waals surface area contributed by atoms with Gasteiger partial charge in [-0.05, 0) is 18.8 Å². The molecule has 1 aliphatic heterocycles. The minimum atomic E-state index is -0.0585. The molecule has 0 atom stereocenters. The van der Waals surface area contributed by atoms with Crippen LogP contribution in [0.5, 0.6) is 0 Å². The van der Waals surface area contributed by atoms with E-state index < -0.39 is 0 Å². The molecule has 5 nitrogen and oxygen atoms in total. The normalized spacial score (nSPS) is 17.8. The number of amides is 2. The van der Waals surface area contributed by atoms with Crippen LogP contribution < -0.4 is 5.32 Å². The Hall–Kier alpha value is -1.52. The number of hydrogen-bond donors (Lipinski definition) is 2. The highest BCUT2D eigenvalue weighted by molar-refractivity contribution is 5.87. The lowest BCUT2D eigenvalue weighted by Gasteiger charge is -2.29. The van der Waals surface area contributed by atoms with Gasteiger partial charge in [0.2, 0.25) is 5.95 Å². The van der Waals surface area contributed by atoms with Crippen molar-refractivity contribution in [2.24, 2.45) is 5.92 Å². The lowest BCUT2D eigenvalue weighted by Crippen LogP contribution is -2.40. The van der Waals surface area contributed by atoms with Crippen LogP contribution >= 0.6 is 0 Å². The van der Waals surface area contributed by atoms with Crippen LogP contribution in [0.25, 0.3) is 0 Å². The van der Waals surface area contributed by atoms with E-state index >= 15 is 0 Å². The van der Waals surface area contributed by atoms with Crippen LogP contribution in [-0.2, 0) is 0 Å². The number of piperidine rings is 1. The van der Waals surface area contributed by atoms with E-state index in [-0.39, 0.29) is 6.03 Å². The van der Waals surface area contributed by atoms with Gasteiger partial charge in [-0.3, -0.25) is 5.32 Å². The lowest BCUT2D eigenvalue weighted by molar-refractivity contribution is 0.186. The average molecular weight is 208 g/mol. The van der Waals surface area contributed by atoms with E-state index in [1.807, 2.05) is 4.90 Å². The van der Waals surface area contributed by atoms with Gasteiger partial charge in [0.25, 0.3) is 0 Å². The maximum absolute atomic E-state index is 11.7. The third-order valence-electron chi connectivity index (χ3n) is 2.79. The molecule has 1 aromatic heterocycles. The van der Waals surface area contributed by atoms with Crippen molar-refractivity contribution in [1.29, 1.82) is 0 Å². The number of nitrogens with one attached hydrogen (secondary N) is 2. The van der Waals surface area contributed by atoms with Crippen LogP contribution in [0.4, 0.5) is 10.7 Å². The molecule has 0 aromatic carbocycles. The number of nitrogens with zero attached hydrogens (tertiary/aromatic N) is 2. The summed E-state index contributed by atoms with van der Waals surface area (Å²) in [4.78, 5) is 20.4. The molecular weight excluding hydrogens is 192 g/mol. The van der Waals surface area contributed by atoms with E-state index in [0.29, 0.717) is 5.95 Å². The second kappa shape index (κ2) is 4.33. The van der Waals surface area contributed by atoms with Gasteiger partial charge in [0.15, 0.2) is 0 Å². The second-order valence-corrected chi connectivity index (χ2v) is 4.04. The maximum atomic E-state index is 11.7. The van der Waals surface area contributed by atoms with E-state index in [0.717, 1.165) is 31.8 Å². The highest BCUT2D eigenvalue weighted by Gasteiger charge is 2.20. The first kappa shape index (κ1) is 10.0. The fraction of sp³-hybridized carbons (Fsp3) is 0.600. The number of carbonyl (C=O) groups excluding carboxylic acids is 1. The van der Waals surface area contributed by atoms with Gasteiger partial charge in [-0.15, -0.1) is 0 Å². The summed E-state index contributed by atoms with van der Waals surface area (Å²) in [6, 6.07) is -0.0585. The number of urea groups is 1. The van der Waals surface area contributed by atoms with Crippen molar-refractivity contribution < 1.29 is 4.79 Å². The Bertz CT molecular complexity index is 314. The van der Waals surface area contributed by atoms with Gasteiger partial charge in [0.05, 0.1) is 0 Å². The van der Waals surface area contributed by atoms with Crippen molar-refractivity contribution in [2.45, 2.75) is 19.8 Å². The number of imidazole rings is 1. The fourth-order valence-electron chi connectivity index (χ4n) is 1.73. The zero-order valence-corrected chi connectivity index (χ0v) is 8.86. The highest BCUT2D eigenvalue weighted by atomic mass is 16.2. The molecule has 1 saturated heterocycles. The van der Waals surface area contributed by atoms with Gasteiger partial charge < -0.3 is 9.88 Å². The molecule has 15 heavy (non-hydrogen) atoms. The van der Waals surface area contributed by atoms with E-state index in [9.17, 15) is 4.79 Å². The van der Waals surface area contributed by atoms with Gasteiger partial charge in [0.1, 0.15) is 0 Å². The molecule has 0 radical (unpaired) electrons. The van der Waals surface area contributed by atoms with Crippen molar-refractivity contribution in [3.63, 3.8) is 0 Å². The predicted molar refractivity (Wildman–Crippen MR) is 57.6 cm³/mol. The molecule has 1 aliphatic rings. The van der Waals surface area contributed by atoms with Crippen LogP contribution in [0.2, 0.25) is 0 Å². The molecule has 2 rings (SSSR count). The van der Waals surface area contributed by atoms with Crippen LogP contribution in [-0.4, -0.2) is 34.0 Å². The number of anilines is 1. The molecule has 1 aromatic rings. The molecule has 82 valence electrons. The summed E-state index contributed by atoms with van der Waals surface area (Å²) in [7, 11) is 0. The molecule has 0 bridgehead atoms. The largest absolute Gasteiger partial charge is 0.331 e. The lowest BCUT2D eigenvalue weighted by atomic mass is 10.00. The van der Waals surface area contributed by atoms with Crippen LogP contribution in [0, 0.1) is 5.92 Å². The van der Waals surface area contributed by atoms with E-state index in [1.165, 1.54) is 0 Å². The van der Waals surface area contributed by atoms with Crippen molar-refractivity contribution in [1.82, 2.24) is 14.9 Å². The quantitative estimate of drug-likeness (QED) is 0.737. The highest BCUT2D eigenvalue weighted by Crippen LogP contribution is 2.16. The van der Waals surface area contributed by atoms with E-state index in [2.05, 4.69) is 22.2 Å². The Morgan fingerprint density at radius 3 is 2.93 bits per heavy atom. The number of rotatable bonds is 1. The zero-order valence-electron chi connectivity index (χ0n) is 8.86. The minimum absolute atomic E-state index is 0.0585. The zero-order chi connectivity index (χ0) is 10.7. The number of likely N-dealkylation sites (tertiary alicyclic amines) is 1. The summed E-state index contributed by atoms with van der Waals surface area (Å²) < 4.78 is 0. The molecule has 0 spiro atoms. The van der Waals surface area contributed by atoms with Crippen LogP contribution in [0.3, 0.4) is 0 Å². The van der Waals surface area contributed by atoms with Crippen molar-refractivity contribution >= 4 is 12.0 Å². The maximum Gasteiger partial charge on any atom is 0.324 e. The second-order valence-electron chi connectivity index (χ2n) is 4.04. The molecule has 1 fully saturated rings. The van der Waals surface area contributed by atoms with Gasteiger partial charge in [0, 0.05) is 25.5 Å². The Balaban J connectivity index is 1.86. The van der Waals surface area contributed by atoms with Gasteiger partial charge in [-0.1, -0.05) is 6.92 Å². The van der Waals surface area contributed by atoms with Gasteiger partial charge >= 0.3 is 6.03 Å². The molecule has 5 heteroatoms. The van der Waals surface area contributed by atoms with Gasteiger partial charge in [-0.25, -0.2) is 9.78 Å². The Morgan fingerprint density at radius 1 is 1.60 bits per heavy atom. The summed E-state index contributed by atoms with van der Waals surface area (Å²) in [6.07, 6.45) is 5.49. The first-order chi connectivity index (χ1) is 7.25. The molecule has 0 unspecified atom stereocenters. The third kappa shape index (κ3) is 2.49. The molecule has 2 N–H and O–H groups in total. The molecule has 2 amide bonds. The standard InChI is InChI=1S/C10H16N4O/c1-8-2-6-14(7-3-8)10(15)13-9-11-4-5-12-9/h4-5,8H,2-3,6-7H2,1H3,(H2,11,12,13,15). The Kier molecular flexibility index (Phi) is 2.89. The Labute approximate surface area is 88.9 Å². The number of aromatic nitrogens is 2. The monoisotopic (exact) mass is 208 g/mol. The molecular formula is C10H16N4O. The topological polar surface area (TPSA) is 61.0 Å². The minimum Gasteiger partial charge on any atom is -0.331 e. The Morgan fingerprint density at radius 2 is 2.33 bits per heavy atom. The van der Waals surface area contributed by atoms with Crippen molar-refractivity contribution in [3.05, 3.63) is 12.4 Å². The first-order valence-corrected chi connectivity index (χ1v) is 5.31. The SMILES string of the molecule is CC1CCN(C(=O)Nc2ncc[nH]2)CC1. The molecule has 2 heterocycles. The van der Waals surface area contributed by atoms with Crippen LogP contribution in [0.1, 0.15) is 19.8 Å². The van der Waals surface area contributed by atoms with Crippen molar-refractivity contribution in [2.75, 3.05) is 18.4 Å². The van der Waals surface area contributed by atoms with Gasteiger partial charge in [-0.2, -0.15) is 0 Å². The fourth-order valence-corrected chi connectivity index (χ4v) is 1.73. The number of carbonyl (C=O) groups is 1. The van der Waals surface area contributed by atoms with E-state index in [1.54, 1.807) is 12.4 Å². The molecule has 0 saturated carbocycles. The van der Waals surface area contributed by atoms with E-state index in [4.69, 9.17) is 0 Å². The summed E-state index contributed by atoms with van der Waals surface area (Å²) in [5.74, 6) is 1.25. The smallest absolute Gasteiger partial charge is 0.324 e. The summed E-state index contributed by atoms with van der Waals surface area (Å²) >= 11 is 0. The van der Waals surface area contributed by atoms with Crippen LogP contribution in [0.15, 0.2) is 12.4 Å². The number of hydrogen-bond acceptors (Lipinski definition) is 2. The average Bonchev–Trinajstić information content (AvgIpc) is 2.71. The predicted octanol–water partition coefficient (Wildman–Crippen LogP) is 1.67. The van der Waals surface area contributed by atoms with Crippen molar-refractivity contribution in [3.8, 4) is 0 Å². The summed E-state index contributed by atoms with van der Waals surface area (Å²) in [5, 5.41) is 2.73. The number of aromatic amines is 1.